The van der Waals surface area contributed by atoms with E-state index >= 15 is 0 Å². The summed E-state index contributed by atoms with van der Waals surface area (Å²) in [5, 5.41) is 2.32. The van der Waals surface area contributed by atoms with Crippen LogP contribution in [-0.4, -0.2) is 11.8 Å². The molecule has 102 valence electrons. The number of allylic oxidation sites excluding steroid dienone is 1. The highest BCUT2D eigenvalue weighted by Gasteiger charge is 2.27. The molecule has 0 saturated carbocycles. The number of hydrogen-bond acceptors (Lipinski definition) is 2. The maximum absolute atomic E-state index is 11.3. The van der Waals surface area contributed by atoms with E-state index in [4.69, 9.17) is 0 Å². The first-order valence-electron chi connectivity index (χ1n) is 7.24. The van der Waals surface area contributed by atoms with Crippen molar-refractivity contribution in [2.45, 2.75) is 64.7 Å². The van der Waals surface area contributed by atoms with E-state index in [2.05, 4.69) is 18.3 Å². The molecule has 1 N–H and O–H groups in total. The number of amides is 2. The lowest BCUT2D eigenvalue weighted by Gasteiger charge is -1.99. The van der Waals surface area contributed by atoms with Gasteiger partial charge in [-0.2, -0.15) is 0 Å². The van der Waals surface area contributed by atoms with Crippen LogP contribution in [0, 0.1) is 5.92 Å². The molecule has 0 aromatic heterocycles. The van der Waals surface area contributed by atoms with E-state index in [1.54, 1.807) is 0 Å². The zero-order valence-corrected chi connectivity index (χ0v) is 11.4. The molecule has 0 spiro atoms. The molecular weight excluding hydrogens is 226 g/mol. The molecule has 1 fully saturated rings. The summed E-state index contributed by atoms with van der Waals surface area (Å²) >= 11 is 0. The smallest absolute Gasteiger partial charge is 0.233 e. The van der Waals surface area contributed by atoms with Gasteiger partial charge in [-0.25, -0.2) is 0 Å². The first-order chi connectivity index (χ1) is 8.74. The van der Waals surface area contributed by atoms with Crippen LogP contribution in [0.2, 0.25) is 0 Å². The van der Waals surface area contributed by atoms with Gasteiger partial charge in [-0.05, 0) is 12.8 Å². The van der Waals surface area contributed by atoms with Crippen molar-refractivity contribution in [1.29, 1.82) is 0 Å². The van der Waals surface area contributed by atoms with E-state index in [1.165, 1.54) is 44.9 Å². The molecule has 1 aliphatic rings. The Balaban J connectivity index is 1.97. The Labute approximate surface area is 110 Å². The van der Waals surface area contributed by atoms with Crippen molar-refractivity contribution in [3.8, 4) is 0 Å². The Hall–Kier alpha value is -1.12. The van der Waals surface area contributed by atoms with E-state index in [9.17, 15) is 9.59 Å². The highest BCUT2D eigenvalue weighted by Crippen LogP contribution is 2.13. The van der Waals surface area contributed by atoms with E-state index in [-0.39, 0.29) is 17.7 Å². The highest BCUT2D eigenvalue weighted by molar-refractivity contribution is 6.04. The minimum Gasteiger partial charge on any atom is -0.296 e. The quantitative estimate of drug-likeness (QED) is 0.388. The van der Waals surface area contributed by atoms with Gasteiger partial charge < -0.3 is 0 Å². The molecule has 0 aromatic carbocycles. The van der Waals surface area contributed by atoms with Crippen molar-refractivity contribution in [3.63, 3.8) is 0 Å². The number of carbonyl (C=O) groups excluding carboxylic acids is 2. The molecule has 2 amide bonds. The maximum Gasteiger partial charge on any atom is 0.233 e. The Morgan fingerprint density at radius 2 is 1.78 bits per heavy atom. The molecule has 3 nitrogen and oxygen atoms in total. The van der Waals surface area contributed by atoms with Gasteiger partial charge in [-0.1, -0.05) is 57.6 Å². The lowest BCUT2D eigenvalue weighted by Crippen LogP contribution is -2.21. The number of hydrogen-bond donors (Lipinski definition) is 1. The first-order valence-corrected chi connectivity index (χ1v) is 7.24. The summed E-state index contributed by atoms with van der Waals surface area (Å²) in [5.74, 6) is -0.511. The zero-order valence-electron chi connectivity index (χ0n) is 11.4. The Bertz CT molecular complexity index is 297. The molecule has 1 atom stereocenters. The van der Waals surface area contributed by atoms with Crippen molar-refractivity contribution < 1.29 is 9.59 Å². The summed E-state index contributed by atoms with van der Waals surface area (Å²) in [6, 6.07) is 0. The number of rotatable bonds is 9. The van der Waals surface area contributed by atoms with Gasteiger partial charge in [0.25, 0.3) is 0 Å². The van der Waals surface area contributed by atoms with Crippen LogP contribution in [0.5, 0.6) is 0 Å². The Morgan fingerprint density at radius 1 is 1.11 bits per heavy atom. The molecule has 0 aromatic rings. The van der Waals surface area contributed by atoms with Crippen LogP contribution in [0.1, 0.15) is 64.7 Å². The van der Waals surface area contributed by atoms with Crippen LogP contribution >= 0.6 is 0 Å². The average molecular weight is 251 g/mol. The van der Waals surface area contributed by atoms with Crippen LogP contribution in [0.15, 0.2) is 12.2 Å². The molecule has 1 aliphatic heterocycles. The highest BCUT2D eigenvalue weighted by atomic mass is 16.2. The second-order valence-corrected chi connectivity index (χ2v) is 5.06. The van der Waals surface area contributed by atoms with Gasteiger partial charge >= 0.3 is 0 Å². The van der Waals surface area contributed by atoms with Crippen LogP contribution in [0.25, 0.3) is 0 Å². The van der Waals surface area contributed by atoms with Crippen molar-refractivity contribution in [2.24, 2.45) is 5.92 Å². The monoisotopic (exact) mass is 251 g/mol. The third kappa shape index (κ3) is 5.99. The molecule has 0 aliphatic carbocycles. The van der Waals surface area contributed by atoms with E-state index in [0.29, 0.717) is 6.42 Å². The third-order valence-electron chi connectivity index (χ3n) is 3.35. The lowest BCUT2D eigenvalue weighted by atomic mass is 10.1. The van der Waals surface area contributed by atoms with Crippen LogP contribution in [0.3, 0.4) is 0 Å². The SMILES string of the molecule is CCCCCCCCCC=CC1CC(=O)NC1=O. The normalized spacial score (nSPS) is 19.7. The molecule has 1 saturated heterocycles. The van der Waals surface area contributed by atoms with Crippen LogP contribution < -0.4 is 5.32 Å². The van der Waals surface area contributed by atoms with Crippen molar-refractivity contribution >= 4 is 11.8 Å². The van der Waals surface area contributed by atoms with Gasteiger partial charge in [-0.3, -0.25) is 14.9 Å². The predicted octanol–water partition coefficient (Wildman–Crippen LogP) is 3.35. The fourth-order valence-electron chi connectivity index (χ4n) is 2.21. The second-order valence-electron chi connectivity index (χ2n) is 5.06. The van der Waals surface area contributed by atoms with Crippen molar-refractivity contribution in [3.05, 3.63) is 12.2 Å². The predicted molar refractivity (Wildman–Crippen MR) is 73.0 cm³/mol. The molecule has 0 radical (unpaired) electrons. The average Bonchev–Trinajstić information content (AvgIpc) is 2.66. The van der Waals surface area contributed by atoms with Gasteiger partial charge in [0.1, 0.15) is 0 Å². The Kier molecular flexibility index (Phi) is 7.38. The number of carbonyl (C=O) groups is 2. The molecule has 18 heavy (non-hydrogen) atoms. The van der Waals surface area contributed by atoms with Crippen LogP contribution in [0.4, 0.5) is 0 Å². The molecule has 1 rings (SSSR count). The summed E-state index contributed by atoms with van der Waals surface area (Å²) in [5.41, 5.74) is 0. The fourth-order valence-corrected chi connectivity index (χ4v) is 2.21. The molecule has 1 heterocycles. The number of unbranched alkanes of at least 4 members (excludes halogenated alkanes) is 7. The van der Waals surface area contributed by atoms with E-state index < -0.39 is 0 Å². The van der Waals surface area contributed by atoms with Crippen LogP contribution in [-0.2, 0) is 9.59 Å². The summed E-state index contributed by atoms with van der Waals surface area (Å²) in [4.78, 5) is 22.2. The minimum atomic E-state index is -0.220. The lowest BCUT2D eigenvalue weighted by molar-refractivity contribution is -0.125. The molecular formula is C15H25NO2. The van der Waals surface area contributed by atoms with Gasteiger partial charge in [-0.15, -0.1) is 0 Å². The van der Waals surface area contributed by atoms with Gasteiger partial charge in [0.05, 0.1) is 5.92 Å². The molecule has 3 heteroatoms. The van der Waals surface area contributed by atoms with Crippen molar-refractivity contribution in [1.82, 2.24) is 5.32 Å². The van der Waals surface area contributed by atoms with Crippen molar-refractivity contribution in [2.75, 3.05) is 0 Å². The summed E-state index contributed by atoms with van der Waals surface area (Å²) in [6.07, 6.45) is 14.4. The van der Waals surface area contributed by atoms with Gasteiger partial charge in [0.2, 0.25) is 11.8 Å². The minimum absolute atomic E-state index is 0.143. The summed E-state index contributed by atoms with van der Waals surface area (Å²) < 4.78 is 0. The largest absolute Gasteiger partial charge is 0.296 e. The fraction of sp³-hybridized carbons (Fsp3) is 0.733. The Morgan fingerprint density at radius 3 is 2.39 bits per heavy atom. The number of nitrogens with one attached hydrogen (secondary N) is 1. The first kappa shape index (κ1) is 14.9. The van der Waals surface area contributed by atoms with E-state index in [1.807, 2.05) is 6.08 Å². The summed E-state index contributed by atoms with van der Waals surface area (Å²) in [6.45, 7) is 2.23. The van der Waals surface area contributed by atoms with Gasteiger partial charge in [0, 0.05) is 6.42 Å². The maximum atomic E-state index is 11.3. The van der Waals surface area contributed by atoms with E-state index in [0.717, 1.165) is 6.42 Å². The molecule has 1 unspecified atom stereocenters. The molecule has 0 bridgehead atoms. The third-order valence-corrected chi connectivity index (χ3v) is 3.35. The second kappa shape index (κ2) is 8.90. The summed E-state index contributed by atoms with van der Waals surface area (Å²) in [7, 11) is 0. The standard InChI is InChI=1S/C15H25NO2/c1-2-3-4-5-6-7-8-9-10-11-13-12-14(17)16-15(13)18/h10-11,13H,2-9,12H2,1H3,(H,16,17,18). The number of imide groups is 1. The topological polar surface area (TPSA) is 46.2 Å². The zero-order chi connectivity index (χ0) is 13.2. The van der Waals surface area contributed by atoms with Gasteiger partial charge in [0.15, 0.2) is 0 Å².